The van der Waals surface area contributed by atoms with E-state index < -0.39 is 5.82 Å². The maximum Gasteiger partial charge on any atom is 0.211 e. The van der Waals surface area contributed by atoms with Gasteiger partial charge in [-0.3, -0.25) is 14.4 Å². The predicted molar refractivity (Wildman–Crippen MR) is 93.8 cm³/mol. The third-order valence-electron chi connectivity index (χ3n) is 4.70. The van der Waals surface area contributed by atoms with Crippen LogP contribution in [0.2, 0.25) is 0 Å². The molecule has 2 aromatic carbocycles. The second kappa shape index (κ2) is 5.59. The largest absolute Gasteiger partial charge is 0.310 e. The summed E-state index contributed by atoms with van der Waals surface area (Å²) in [5, 5.41) is 0. The van der Waals surface area contributed by atoms with Gasteiger partial charge in [0, 0.05) is 22.5 Å². The van der Waals surface area contributed by atoms with Crippen LogP contribution in [0.5, 0.6) is 0 Å². The maximum atomic E-state index is 13.3. The highest BCUT2D eigenvalue weighted by Gasteiger charge is 2.38. The van der Waals surface area contributed by atoms with E-state index in [2.05, 4.69) is 0 Å². The van der Waals surface area contributed by atoms with Crippen molar-refractivity contribution in [1.29, 1.82) is 0 Å². The maximum absolute atomic E-state index is 13.3. The van der Waals surface area contributed by atoms with Gasteiger partial charge in [0.15, 0.2) is 11.6 Å². The van der Waals surface area contributed by atoms with Crippen LogP contribution in [0, 0.1) is 12.7 Å². The van der Waals surface area contributed by atoms with Crippen molar-refractivity contribution < 1.29 is 18.8 Å². The summed E-state index contributed by atoms with van der Waals surface area (Å²) in [7, 11) is 0. The minimum Gasteiger partial charge on any atom is -0.310 e. The van der Waals surface area contributed by atoms with Crippen molar-refractivity contribution >= 4 is 17.3 Å². The zero-order valence-corrected chi connectivity index (χ0v) is 14.2. The number of benzene rings is 2. The topological polar surface area (TPSA) is 56.1 Å². The summed E-state index contributed by atoms with van der Waals surface area (Å²) < 4.78 is 14.9. The molecule has 1 heterocycles. The van der Waals surface area contributed by atoms with E-state index in [1.165, 1.54) is 31.2 Å². The molecule has 0 atom stereocenters. The van der Waals surface area contributed by atoms with E-state index in [0.29, 0.717) is 22.5 Å². The lowest BCUT2D eigenvalue weighted by molar-refractivity contribution is 0.0967. The average Bonchev–Trinajstić information content (AvgIpc) is 2.94. The van der Waals surface area contributed by atoms with Gasteiger partial charge in [-0.25, -0.2) is 4.39 Å². The monoisotopic (exact) mass is 347 g/mol. The first-order chi connectivity index (χ1) is 12.4. The summed E-state index contributed by atoms with van der Waals surface area (Å²) >= 11 is 0. The molecule has 0 saturated carbocycles. The van der Waals surface area contributed by atoms with Crippen molar-refractivity contribution in [1.82, 2.24) is 4.57 Å². The van der Waals surface area contributed by atoms with Crippen LogP contribution in [0.3, 0.4) is 0 Å². The van der Waals surface area contributed by atoms with Crippen molar-refractivity contribution in [2.24, 2.45) is 0 Å². The van der Waals surface area contributed by atoms with Crippen LogP contribution < -0.4 is 0 Å². The molecule has 26 heavy (non-hydrogen) atoms. The molecule has 0 saturated heterocycles. The number of fused-ring (bicyclic) bond motifs is 2. The van der Waals surface area contributed by atoms with E-state index in [-0.39, 0.29) is 34.2 Å². The van der Waals surface area contributed by atoms with E-state index in [1.54, 1.807) is 35.8 Å². The Bertz CT molecular complexity index is 1110. The molecule has 0 bridgehead atoms. The van der Waals surface area contributed by atoms with Gasteiger partial charge in [-0.05, 0) is 38.1 Å². The van der Waals surface area contributed by atoms with Crippen LogP contribution in [0.1, 0.15) is 54.9 Å². The highest BCUT2D eigenvalue weighted by atomic mass is 19.1. The third kappa shape index (κ3) is 2.10. The zero-order valence-electron chi connectivity index (χ0n) is 14.2. The second-order valence-electron chi connectivity index (χ2n) is 6.26. The molecular weight excluding hydrogens is 333 g/mol. The van der Waals surface area contributed by atoms with Crippen molar-refractivity contribution in [2.45, 2.75) is 13.8 Å². The molecule has 0 fully saturated rings. The molecule has 1 aliphatic carbocycles. The SMILES string of the molecule is CC(=O)c1c2c(n(-c3ccc(F)cc3)c1C)C(=O)c1ccccc1C2=O. The van der Waals surface area contributed by atoms with Gasteiger partial charge in [-0.2, -0.15) is 0 Å². The van der Waals surface area contributed by atoms with Gasteiger partial charge in [0.2, 0.25) is 5.78 Å². The molecule has 4 nitrogen and oxygen atoms in total. The summed E-state index contributed by atoms with van der Waals surface area (Å²) in [6.45, 7) is 3.06. The van der Waals surface area contributed by atoms with E-state index in [1.807, 2.05) is 0 Å². The Kier molecular flexibility index (Phi) is 3.47. The molecule has 0 amide bonds. The Hall–Kier alpha value is -3.34. The lowest BCUT2D eigenvalue weighted by Gasteiger charge is -2.17. The van der Waals surface area contributed by atoms with Crippen molar-refractivity contribution in [2.75, 3.05) is 0 Å². The second-order valence-corrected chi connectivity index (χ2v) is 6.26. The number of carbonyl (C=O) groups is 3. The lowest BCUT2D eigenvalue weighted by Crippen LogP contribution is -2.23. The normalized spacial score (nSPS) is 12.7. The van der Waals surface area contributed by atoms with Gasteiger partial charge in [0.05, 0.1) is 11.1 Å². The van der Waals surface area contributed by atoms with Crippen molar-refractivity contribution in [3.63, 3.8) is 0 Å². The van der Waals surface area contributed by atoms with Crippen molar-refractivity contribution in [3.8, 4) is 5.69 Å². The molecule has 0 aliphatic heterocycles. The summed E-state index contributed by atoms with van der Waals surface area (Å²) in [6.07, 6.45) is 0. The molecular formula is C21H14FNO3. The lowest BCUT2D eigenvalue weighted by atomic mass is 9.85. The summed E-state index contributed by atoms with van der Waals surface area (Å²) in [4.78, 5) is 38.5. The Morgan fingerprint density at radius 1 is 0.923 bits per heavy atom. The minimum atomic E-state index is -0.410. The van der Waals surface area contributed by atoms with Gasteiger partial charge in [0.1, 0.15) is 11.5 Å². The Balaban J connectivity index is 2.11. The quantitative estimate of drug-likeness (QED) is 0.517. The molecule has 0 radical (unpaired) electrons. The summed E-state index contributed by atoms with van der Waals surface area (Å²) in [5.74, 6) is -1.37. The van der Waals surface area contributed by atoms with E-state index in [4.69, 9.17) is 0 Å². The number of hydrogen-bond donors (Lipinski definition) is 0. The van der Waals surface area contributed by atoms with Crippen LogP contribution >= 0.6 is 0 Å². The number of halogens is 1. The molecule has 128 valence electrons. The number of rotatable bonds is 2. The van der Waals surface area contributed by atoms with Gasteiger partial charge >= 0.3 is 0 Å². The minimum absolute atomic E-state index is 0.128. The Morgan fingerprint density at radius 3 is 2.08 bits per heavy atom. The van der Waals surface area contributed by atoms with Crippen LogP contribution in [0.25, 0.3) is 5.69 Å². The predicted octanol–water partition coefficient (Wildman–Crippen LogP) is 3.90. The smallest absolute Gasteiger partial charge is 0.211 e. The highest BCUT2D eigenvalue weighted by Crippen LogP contribution is 2.35. The number of hydrogen-bond acceptors (Lipinski definition) is 3. The van der Waals surface area contributed by atoms with Crippen molar-refractivity contribution in [3.05, 3.63) is 88.0 Å². The molecule has 1 aromatic heterocycles. The number of Topliss-reactive ketones (excluding diaryl/α,β-unsaturated/α-hetero) is 1. The van der Waals surface area contributed by atoms with Gasteiger partial charge in [-0.15, -0.1) is 0 Å². The van der Waals surface area contributed by atoms with Crippen LogP contribution in [-0.2, 0) is 0 Å². The van der Waals surface area contributed by atoms with E-state index >= 15 is 0 Å². The first kappa shape index (κ1) is 16.1. The molecule has 0 spiro atoms. The van der Waals surface area contributed by atoms with Gasteiger partial charge in [0.25, 0.3) is 0 Å². The molecule has 1 aliphatic rings. The molecule has 5 heteroatoms. The zero-order chi connectivity index (χ0) is 18.6. The van der Waals surface area contributed by atoms with Gasteiger partial charge in [-0.1, -0.05) is 24.3 Å². The number of ketones is 3. The van der Waals surface area contributed by atoms with Crippen LogP contribution in [-0.4, -0.2) is 21.9 Å². The molecule has 0 unspecified atom stereocenters. The first-order valence-electron chi connectivity index (χ1n) is 8.12. The summed E-state index contributed by atoms with van der Waals surface area (Å²) in [5.41, 5.74) is 2.13. The molecule has 4 rings (SSSR count). The fourth-order valence-electron chi connectivity index (χ4n) is 3.61. The van der Waals surface area contributed by atoms with Crippen LogP contribution in [0.15, 0.2) is 48.5 Å². The Morgan fingerprint density at radius 2 is 1.50 bits per heavy atom. The standard InChI is InChI=1S/C21H14FNO3/c1-11-17(12(2)24)18-19(23(11)14-9-7-13(22)8-10-14)21(26)16-6-4-3-5-15(16)20(18)25/h3-10H,1-2H3. The van der Waals surface area contributed by atoms with E-state index in [9.17, 15) is 18.8 Å². The first-order valence-corrected chi connectivity index (χ1v) is 8.12. The summed E-state index contributed by atoms with van der Waals surface area (Å²) in [6, 6.07) is 12.2. The number of aromatic nitrogens is 1. The Labute approximate surface area is 148 Å². The molecule has 3 aromatic rings. The molecule has 0 N–H and O–H groups in total. The van der Waals surface area contributed by atoms with Gasteiger partial charge < -0.3 is 4.57 Å². The highest BCUT2D eigenvalue weighted by molar-refractivity contribution is 6.31. The fraction of sp³-hybridized carbons (Fsp3) is 0.0952. The van der Waals surface area contributed by atoms with Crippen LogP contribution in [0.4, 0.5) is 4.39 Å². The van der Waals surface area contributed by atoms with E-state index in [0.717, 1.165) is 0 Å². The number of nitrogens with zero attached hydrogens (tertiary/aromatic N) is 1. The average molecular weight is 347 g/mol. The fourth-order valence-corrected chi connectivity index (χ4v) is 3.61. The third-order valence-corrected chi connectivity index (χ3v) is 4.70. The number of carbonyl (C=O) groups excluding carboxylic acids is 3.